The maximum Gasteiger partial charge on any atom is 0.227 e. The van der Waals surface area contributed by atoms with Crippen molar-refractivity contribution in [1.29, 1.82) is 0 Å². The van der Waals surface area contributed by atoms with Crippen LogP contribution in [0.5, 0.6) is 0 Å². The SMILES string of the molecule is CC1=C(C)C(C)C(C2(C(N)=O)CCCCCCCC2[SiH](C)C)=C1C. The molecule has 0 bridgehead atoms. The monoisotopic (exact) mass is 347 g/mol. The van der Waals surface area contributed by atoms with Crippen molar-refractivity contribution in [2.24, 2.45) is 17.1 Å². The molecule has 2 N–H and O–H groups in total. The van der Waals surface area contributed by atoms with E-state index in [1.54, 1.807) is 0 Å². The fraction of sp³-hybridized carbons (Fsp3) is 0.762. The third kappa shape index (κ3) is 3.16. The van der Waals surface area contributed by atoms with Crippen LogP contribution in [0.15, 0.2) is 22.3 Å². The minimum atomic E-state index is -1.01. The number of primary amides is 1. The van der Waals surface area contributed by atoms with Gasteiger partial charge in [-0.2, -0.15) is 0 Å². The molecule has 1 saturated carbocycles. The molecule has 0 aliphatic heterocycles. The van der Waals surface area contributed by atoms with Crippen molar-refractivity contribution in [3.05, 3.63) is 22.3 Å². The quantitative estimate of drug-likeness (QED) is 0.686. The maximum atomic E-state index is 13.1. The van der Waals surface area contributed by atoms with E-state index in [4.69, 9.17) is 5.73 Å². The van der Waals surface area contributed by atoms with Gasteiger partial charge in [-0.1, -0.05) is 64.1 Å². The molecule has 1 amide bonds. The van der Waals surface area contributed by atoms with Gasteiger partial charge in [-0.05, 0) is 55.4 Å². The molecule has 3 unspecified atom stereocenters. The van der Waals surface area contributed by atoms with Gasteiger partial charge < -0.3 is 5.73 Å². The molecule has 3 atom stereocenters. The van der Waals surface area contributed by atoms with E-state index in [2.05, 4.69) is 40.8 Å². The normalized spacial score (nSPS) is 32.8. The summed E-state index contributed by atoms with van der Waals surface area (Å²) in [6, 6.07) is 0. The predicted octanol–water partition coefficient (Wildman–Crippen LogP) is 5.36. The van der Waals surface area contributed by atoms with Crippen LogP contribution in [0, 0.1) is 11.3 Å². The summed E-state index contributed by atoms with van der Waals surface area (Å²) in [6.07, 6.45) is 8.43. The summed E-state index contributed by atoms with van der Waals surface area (Å²) >= 11 is 0. The topological polar surface area (TPSA) is 43.1 Å². The zero-order valence-electron chi connectivity index (χ0n) is 16.7. The second-order valence-corrected chi connectivity index (χ2v) is 11.9. The first-order valence-corrected chi connectivity index (χ1v) is 12.9. The molecule has 0 radical (unpaired) electrons. The van der Waals surface area contributed by atoms with Gasteiger partial charge in [0.05, 0.1) is 5.41 Å². The molecule has 0 heterocycles. The van der Waals surface area contributed by atoms with Crippen molar-refractivity contribution in [2.75, 3.05) is 0 Å². The van der Waals surface area contributed by atoms with Crippen LogP contribution in [0.3, 0.4) is 0 Å². The van der Waals surface area contributed by atoms with Crippen molar-refractivity contribution >= 4 is 14.7 Å². The van der Waals surface area contributed by atoms with Crippen LogP contribution in [-0.4, -0.2) is 14.7 Å². The number of rotatable bonds is 3. The number of amides is 1. The van der Waals surface area contributed by atoms with Crippen LogP contribution in [-0.2, 0) is 4.79 Å². The Hall–Kier alpha value is -0.833. The lowest BCUT2D eigenvalue weighted by Crippen LogP contribution is -2.47. The molecular formula is C21H37NOSi. The van der Waals surface area contributed by atoms with Gasteiger partial charge in [0.2, 0.25) is 5.91 Å². The second-order valence-electron chi connectivity index (χ2n) is 8.56. The molecule has 2 aliphatic carbocycles. The highest BCUT2D eigenvalue weighted by Gasteiger charge is 2.51. The summed E-state index contributed by atoms with van der Waals surface area (Å²) in [7, 11) is -1.01. The number of allylic oxidation sites excluding steroid dienone is 3. The summed E-state index contributed by atoms with van der Waals surface area (Å²) in [5, 5.41) is 0. The zero-order chi connectivity index (χ0) is 18.1. The van der Waals surface area contributed by atoms with Gasteiger partial charge in [-0.25, -0.2) is 0 Å². The van der Waals surface area contributed by atoms with Gasteiger partial charge in [0.25, 0.3) is 0 Å². The van der Waals surface area contributed by atoms with Crippen molar-refractivity contribution in [3.8, 4) is 0 Å². The van der Waals surface area contributed by atoms with E-state index < -0.39 is 14.2 Å². The molecule has 2 nitrogen and oxygen atoms in total. The Labute approximate surface area is 150 Å². The molecule has 3 heteroatoms. The highest BCUT2D eigenvalue weighted by Crippen LogP contribution is 2.56. The number of hydrogen-bond donors (Lipinski definition) is 1. The van der Waals surface area contributed by atoms with Gasteiger partial charge in [0.15, 0.2) is 0 Å². The summed E-state index contributed by atoms with van der Waals surface area (Å²) in [5.41, 5.74) is 11.9. The molecule has 24 heavy (non-hydrogen) atoms. The fourth-order valence-corrected chi connectivity index (χ4v) is 8.04. The summed E-state index contributed by atoms with van der Waals surface area (Å²) in [6.45, 7) is 13.8. The van der Waals surface area contributed by atoms with Crippen molar-refractivity contribution in [3.63, 3.8) is 0 Å². The molecule has 2 rings (SSSR count). The minimum Gasteiger partial charge on any atom is -0.369 e. The van der Waals surface area contributed by atoms with Gasteiger partial charge >= 0.3 is 0 Å². The highest BCUT2D eigenvalue weighted by molar-refractivity contribution is 6.58. The third-order valence-corrected chi connectivity index (χ3v) is 9.60. The Morgan fingerprint density at radius 1 is 1.04 bits per heavy atom. The van der Waals surface area contributed by atoms with Crippen molar-refractivity contribution in [1.82, 2.24) is 0 Å². The van der Waals surface area contributed by atoms with Crippen molar-refractivity contribution in [2.45, 2.75) is 91.3 Å². The first-order chi connectivity index (χ1) is 11.2. The lowest BCUT2D eigenvalue weighted by molar-refractivity contribution is -0.126. The lowest BCUT2D eigenvalue weighted by Gasteiger charge is -2.44. The Bertz CT molecular complexity index is 560. The average Bonchev–Trinajstić information content (AvgIpc) is 2.78. The van der Waals surface area contributed by atoms with E-state index in [0.717, 1.165) is 12.8 Å². The van der Waals surface area contributed by atoms with Crippen LogP contribution in [0.25, 0.3) is 0 Å². The smallest absolute Gasteiger partial charge is 0.227 e. The van der Waals surface area contributed by atoms with E-state index in [0.29, 0.717) is 11.5 Å². The number of carbonyl (C=O) groups excluding carboxylic acids is 1. The van der Waals surface area contributed by atoms with Gasteiger partial charge in [0.1, 0.15) is 0 Å². The van der Waals surface area contributed by atoms with Crippen LogP contribution in [0.2, 0.25) is 18.6 Å². The standard InChI is InChI=1S/C21H37NOSi/c1-14-15(2)17(4)19(16(14)3)21(20(22)23)13-11-9-7-8-10-12-18(21)24(5)6/h16,18,24H,7-13H2,1-6H3,(H2,22,23). The Balaban J connectivity index is 2.63. The van der Waals surface area contributed by atoms with Crippen LogP contribution in [0.1, 0.15) is 72.6 Å². The molecule has 0 aromatic carbocycles. The molecule has 2 aliphatic rings. The Morgan fingerprint density at radius 3 is 2.12 bits per heavy atom. The predicted molar refractivity (Wildman–Crippen MR) is 107 cm³/mol. The molecule has 0 spiro atoms. The van der Waals surface area contributed by atoms with E-state index in [-0.39, 0.29) is 5.91 Å². The highest BCUT2D eigenvalue weighted by atomic mass is 28.3. The lowest BCUT2D eigenvalue weighted by atomic mass is 9.67. The van der Waals surface area contributed by atoms with E-state index in [1.165, 1.54) is 54.4 Å². The average molecular weight is 348 g/mol. The molecule has 0 aromatic heterocycles. The Kier molecular flexibility index (Phi) is 6.17. The Morgan fingerprint density at radius 2 is 1.62 bits per heavy atom. The fourth-order valence-electron chi connectivity index (χ4n) is 5.49. The third-order valence-electron chi connectivity index (χ3n) is 7.08. The molecule has 0 saturated heterocycles. The van der Waals surface area contributed by atoms with Crippen LogP contribution >= 0.6 is 0 Å². The van der Waals surface area contributed by atoms with E-state index in [9.17, 15) is 4.79 Å². The second kappa shape index (κ2) is 7.59. The maximum absolute atomic E-state index is 13.1. The number of hydrogen-bond acceptors (Lipinski definition) is 1. The number of nitrogens with two attached hydrogens (primary N) is 1. The molecule has 1 fully saturated rings. The minimum absolute atomic E-state index is 0.0423. The molecule has 0 aromatic rings. The largest absolute Gasteiger partial charge is 0.369 e. The van der Waals surface area contributed by atoms with Gasteiger partial charge in [-0.3, -0.25) is 4.79 Å². The van der Waals surface area contributed by atoms with Crippen LogP contribution in [0.4, 0.5) is 0 Å². The summed E-state index contributed by atoms with van der Waals surface area (Å²) in [4.78, 5) is 13.1. The van der Waals surface area contributed by atoms with Crippen LogP contribution < -0.4 is 5.73 Å². The first kappa shape index (κ1) is 19.5. The molecular weight excluding hydrogens is 310 g/mol. The first-order valence-electron chi connectivity index (χ1n) is 9.94. The van der Waals surface area contributed by atoms with Crippen molar-refractivity contribution < 1.29 is 4.79 Å². The van der Waals surface area contributed by atoms with Gasteiger partial charge in [0, 0.05) is 8.80 Å². The van der Waals surface area contributed by atoms with E-state index in [1.807, 2.05) is 0 Å². The zero-order valence-corrected chi connectivity index (χ0v) is 17.8. The summed E-state index contributed by atoms with van der Waals surface area (Å²) < 4.78 is 0. The summed E-state index contributed by atoms with van der Waals surface area (Å²) in [5.74, 6) is 0.327. The van der Waals surface area contributed by atoms with Gasteiger partial charge in [-0.15, -0.1) is 0 Å². The number of carbonyl (C=O) groups is 1. The molecule has 136 valence electrons. The van der Waals surface area contributed by atoms with E-state index >= 15 is 0 Å².